The molecule has 0 bridgehead atoms. The molecule has 0 N–H and O–H groups in total. The third-order valence-corrected chi connectivity index (χ3v) is 4.91. The molecule has 114 valence electrons. The average Bonchev–Trinajstić information content (AvgIpc) is 3.43. The van der Waals surface area contributed by atoms with E-state index in [9.17, 15) is 0 Å². The molecule has 24 heavy (non-hydrogen) atoms. The summed E-state index contributed by atoms with van der Waals surface area (Å²) in [6.45, 7) is 2.20. The van der Waals surface area contributed by atoms with Crippen LogP contribution in [0, 0.1) is 12.8 Å². The summed E-state index contributed by atoms with van der Waals surface area (Å²) in [5.74, 6) is 0.353. The Morgan fingerprint density at radius 3 is 2.54 bits per heavy atom. The quantitative estimate of drug-likeness (QED) is 0.638. The van der Waals surface area contributed by atoms with Crippen LogP contribution in [0.3, 0.4) is 0 Å². The molecule has 0 spiro atoms. The summed E-state index contributed by atoms with van der Waals surface area (Å²) in [6, 6.07) is 19.1. The first-order chi connectivity index (χ1) is 11.8. The van der Waals surface area contributed by atoms with Gasteiger partial charge in [-0.25, -0.2) is 0 Å². The van der Waals surface area contributed by atoms with Crippen LogP contribution in [0.2, 0.25) is 0 Å². The number of aliphatic imine (C=N–C) groups is 1. The fourth-order valence-electron chi connectivity index (χ4n) is 3.59. The van der Waals surface area contributed by atoms with Gasteiger partial charge in [-0.2, -0.15) is 0 Å². The number of pyridine rings is 1. The standard InChI is InChI=1S/C22H16N2/c1-14-16(15-6-3-2-4-7-15)8-5-9-17(14)22-19-12-18(19)20-13-23-11-10-21(20)24-22/h2-13,19H,1H3. The first-order valence-corrected chi connectivity index (χ1v) is 8.23. The van der Waals surface area contributed by atoms with Gasteiger partial charge in [0.25, 0.3) is 0 Å². The third-order valence-electron chi connectivity index (χ3n) is 4.91. The van der Waals surface area contributed by atoms with Crippen molar-refractivity contribution in [3.05, 3.63) is 89.8 Å². The lowest BCUT2D eigenvalue weighted by Crippen LogP contribution is -2.11. The van der Waals surface area contributed by atoms with Crippen LogP contribution in [0.1, 0.15) is 16.7 Å². The first-order valence-electron chi connectivity index (χ1n) is 8.23. The zero-order valence-electron chi connectivity index (χ0n) is 13.4. The lowest BCUT2D eigenvalue weighted by Gasteiger charge is -2.18. The Balaban J connectivity index is 1.66. The van der Waals surface area contributed by atoms with Crippen LogP contribution in [-0.2, 0) is 0 Å². The molecule has 0 fully saturated rings. The minimum Gasteiger partial charge on any atom is -0.264 e. The molecule has 2 aliphatic rings. The van der Waals surface area contributed by atoms with Gasteiger partial charge >= 0.3 is 0 Å². The summed E-state index contributed by atoms with van der Waals surface area (Å²) < 4.78 is 0. The summed E-state index contributed by atoms with van der Waals surface area (Å²) in [5.41, 5.74) is 9.81. The van der Waals surface area contributed by atoms with Crippen molar-refractivity contribution >= 4 is 17.0 Å². The SMILES string of the molecule is Cc1c(C2=Nc3ccncc3C3=CC32)cccc1-c1ccccc1. The van der Waals surface area contributed by atoms with Crippen molar-refractivity contribution in [2.45, 2.75) is 6.92 Å². The average molecular weight is 308 g/mol. The number of allylic oxidation sites excluding steroid dienone is 2. The fraction of sp³-hybridized carbons (Fsp3) is 0.0909. The van der Waals surface area contributed by atoms with Gasteiger partial charge in [-0.05, 0) is 35.3 Å². The van der Waals surface area contributed by atoms with E-state index in [1.807, 2.05) is 18.5 Å². The Bertz CT molecular complexity index is 1010. The summed E-state index contributed by atoms with van der Waals surface area (Å²) in [5, 5.41) is 0. The molecule has 0 saturated heterocycles. The van der Waals surface area contributed by atoms with E-state index in [-0.39, 0.29) is 0 Å². The zero-order valence-corrected chi connectivity index (χ0v) is 13.4. The highest BCUT2D eigenvalue weighted by Crippen LogP contribution is 2.49. The van der Waals surface area contributed by atoms with Crippen LogP contribution in [0.15, 0.2) is 78.1 Å². The van der Waals surface area contributed by atoms with Crippen molar-refractivity contribution in [3.63, 3.8) is 0 Å². The summed E-state index contributed by atoms with van der Waals surface area (Å²) >= 11 is 0. The normalized spacial score (nSPS) is 17.5. The number of nitrogens with zero attached hydrogens (tertiary/aromatic N) is 2. The second-order valence-electron chi connectivity index (χ2n) is 6.33. The van der Waals surface area contributed by atoms with Crippen LogP contribution in [-0.4, -0.2) is 10.7 Å². The molecule has 1 unspecified atom stereocenters. The smallest absolute Gasteiger partial charge is 0.0739 e. The summed E-state index contributed by atoms with van der Waals surface area (Å²) in [4.78, 5) is 9.19. The molecule has 1 atom stereocenters. The molecule has 1 aliphatic heterocycles. The summed E-state index contributed by atoms with van der Waals surface area (Å²) in [6.07, 6.45) is 6.03. The molecular formula is C22H16N2. The molecular weight excluding hydrogens is 292 g/mol. The van der Waals surface area contributed by atoms with E-state index in [1.54, 1.807) is 0 Å². The minimum atomic E-state index is 0.353. The minimum absolute atomic E-state index is 0.353. The Labute approximate surface area is 141 Å². The first kappa shape index (κ1) is 13.4. The maximum Gasteiger partial charge on any atom is 0.0739 e. The Hall–Kier alpha value is -3.00. The molecule has 2 nitrogen and oxygen atoms in total. The highest BCUT2D eigenvalue weighted by atomic mass is 14.8. The Morgan fingerprint density at radius 2 is 1.67 bits per heavy atom. The second-order valence-corrected chi connectivity index (χ2v) is 6.33. The third kappa shape index (κ3) is 1.96. The van der Waals surface area contributed by atoms with Crippen molar-refractivity contribution in [2.24, 2.45) is 10.9 Å². The van der Waals surface area contributed by atoms with Gasteiger partial charge in [-0.3, -0.25) is 9.98 Å². The van der Waals surface area contributed by atoms with Crippen LogP contribution in [0.4, 0.5) is 5.69 Å². The van der Waals surface area contributed by atoms with Gasteiger partial charge in [0.2, 0.25) is 0 Å². The molecule has 1 aliphatic carbocycles. The van der Waals surface area contributed by atoms with Gasteiger partial charge in [-0.15, -0.1) is 0 Å². The van der Waals surface area contributed by atoms with Crippen LogP contribution in [0.5, 0.6) is 0 Å². The molecule has 1 aromatic heterocycles. The van der Waals surface area contributed by atoms with Crippen molar-refractivity contribution in [1.82, 2.24) is 4.98 Å². The molecule has 2 aromatic carbocycles. The van der Waals surface area contributed by atoms with Gasteiger partial charge in [0.1, 0.15) is 0 Å². The number of aromatic nitrogens is 1. The highest BCUT2D eigenvalue weighted by molar-refractivity contribution is 6.20. The molecule has 0 amide bonds. The van der Waals surface area contributed by atoms with E-state index in [0.717, 1.165) is 5.69 Å². The van der Waals surface area contributed by atoms with Gasteiger partial charge in [0.05, 0.1) is 11.4 Å². The van der Waals surface area contributed by atoms with Gasteiger partial charge in [0, 0.05) is 29.4 Å². The number of benzene rings is 2. The maximum absolute atomic E-state index is 4.96. The van der Waals surface area contributed by atoms with Crippen molar-refractivity contribution < 1.29 is 0 Å². The van der Waals surface area contributed by atoms with E-state index < -0.39 is 0 Å². The van der Waals surface area contributed by atoms with E-state index in [2.05, 4.69) is 66.5 Å². The predicted octanol–water partition coefficient (Wildman–Crippen LogP) is 5.20. The predicted molar refractivity (Wildman–Crippen MR) is 98.5 cm³/mol. The van der Waals surface area contributed by atoms with E-state index in [1.165, 1.54) is 39.1 Å². The van der Waals surface area contributed by atoms with Gasteiger partial charge in [-0.1, -0.05) is 54.6 Å². The molecule has 2 heteroatoms. The van der Waals surface area contributed by atoms with Crippen molar-refractivity contribution in [1.29, 1.82) is 0 Å². The van der Waals surface area contributed by atoms with E-state index in [0.29, 0.717) is 5.92 Å². The Kier molecular flexibility index (Phi) is 2.80. The second kappa shape index (κ2) is 5.00. The maximum atomic E-state index is 4.96. The van der Waals surface area contributed by atoms with E-state index >= 15 is 0 Å². The van der Waals surface area contributed by atoms with E-state index in [4.69, 9.17) is 4.99 Å². The van der Waals surface area contributed by atoms with Crippen LogP contribution in [0.25, 0.3) is 16.7 Å². The monoisotopic (exact) mass is 308 g/mol. The lowest BCUT2D eigenvalue weighted by atomic mass is 9.90. The topological polar surface area (TPSA) is 25.2 Å². The van der Waals surface area contributed by atoms with Crippen molar-refractivity contribution in [2.75, 3.05) is 0 Å². The molecule has 3 aromatic rings. The number of rotatable bonds is 2. The zero-order chi connectivity index (χ0) is 16.1. The van der Waals surface area contributed by atoms with Crippen LogP contribution < -0.4 is 0 Å². The molecule has 2 heterocycles. The Morgan fingerprint density at radius 1 is 0.833 bits per heavy atom. The number of hydrogen-bond acceptors (Lipinski definition) is 2. The van der Waals surface area contributed by atoms with Crippen LogP contribution >= 0.6 is 0 Å². The van der Waals surface area contributed by atoms with Gasteiger partial charge < -0.3 is 0 Å². The summed E-state index contributed by atoms with van der Waals surface area (Å²) in [7, 11) is 0. The molecule has 0 saturated carbocycles. The number of fused-ring (bicyclic) bond motifs is 3. The lowest BCUT2D eigenvalue weighted by molar-refractivity contribution is 1.21. The molecule has 0 radical (unpaired) electrons. The molecule has 5 rings (SSSR count). The largest absolute Gasteiger partial charge is 0.264 e. The fourth-order valence-corrected chi connectivity index (χ4v) is 3.59. The number of hydrogen-bond donors (Lipinski definition) is 0. The van der Waals surface area contributed by atoms with Crippen molar-refractivity contribution in [3.8, 4) is 11.1 Å². The highest BCUT2D eigenvalue weighted by Gasteiger charge is 2.37. The van der Waals surface area contributed by atoms with Gasteiger partial charge in [0.15, 0.2) is 0 Å².